The van der Waals surface area contributed by atoms with E-state index in [0.717, 1.165) is 74.3 Å². The summed E-state index contributed by atoms with van der Waals surface area (Å²) in [6.07, 6.45) is -11.8. The Morgan fingerprint density at radius 2 is 0.507 bits per heavy atom. The van der Waals surface area contributed by atoms with Gasteiger partial charge in [-0.3, -0.25) is 57.5 Å². The predicted octanol–water partition coefficient (Wildman–Crippen LogP) is 11.7. The monoisotopic (exact) mass is 1880 g/mol. The summed E-state index contributed by atoms with van der Waals surface area (Å²) in [5.41, 5.74) is 9.89. The van der Waals surface area contributed by atoms with E-state index in [-0.39, 0.29) is 58.9 Å². The highest BCUT2D eigenvalue weighted by Crippen LogP contribution is 2.43. The van der Waals surface area contributed by atoms with Crippen LogP contribution in [0, 0.1) is 0 Å². The van der Waals surface area contributed by atoms with Crippen LogP contribution in [0.2, 0.25) is 0 Å². The topological polar surface area (TPSA) is 465 Å². The molecular formula is C98H108N4O34. The van der Waals surface area contributed by atoms with Gasteiger partial charge in [0.25, 0.3) is 0 Å². The first-order chi connectivity index (χ1) is 65.2. The van der Waals surface area contributed by atoms with Crippen LogP contribution in [0.25, 0.3) is 90.9 Å². The van der Waals surface area contributed by atoms with E-state index in [4.69, 9.17) is 114 Å². The van der Waals surface area contributed by atoms with Crippen LogP contribution in [0.1, 0.15) is 138 Å². The minimum Gasteiger partial charge on any atom is -0.494 e. The molecule has 2 N–H and O–H groups in total. The van der Waals surface area contributed by atoms with Gasteiger partial charge in [0.15, 0.2) is 73.8 Å². The Balaban J connectivity index is 0.921. The van der Waals surface area contributed by atoms with E-state index in [2.05, 4.69) is 9.97 Å². The molecule has 136 heavy (non-hydrogen) atoms. The maximum Gasteiger partial charge on any atom is 0.303 e. The summed E-state index contributed by atoms with van der Waals surface area (Å²) in [4.78, 5) is 168. The highest BCUT2D eigenvalue weighted by molar-refractivity contribution is 6.00. The van der Waals surface area contributed by atoms with Gasteiger partial charge >= 0.3 is 71.6 Å². The van der Waals surface area contributed by atoms with Crippen molar-refractivity contribution in [3.8, 4) is 67.5 Å². The van der Waals surface area contributed by atoms with Gasteiger partial charge in [-0.2, -0.15) is 0 Å². The van der Waals surface area contributed by atoms with Gasteiger partial charge in [-0.15, -0.1) is 0 Å². The largest absolute Gasteiger partial charge is 0.494 e. The summed E-state index contributed by atoms with van der Waals surface area (Å²) >= 11 is 0. The molecular weight excluding hydrogens is 1780 g/mol. The van der Waals surface area contributed by atoms with Crippen molar-refractivity contribution in [2.45, 2.75) is 208 Å². The zero-order valence-electron chi connectivity index (χ0n) is 77.2. The maximum absolute atomic E-state index is 12.7. The van der Waals surface area contributed by atoms with Crippen LogP contribution in [-0.2, 0) is 143 Å². The quantitative estimate of drug-likeness (QED) is 0.0205. The highest BCUT2D eigenvalue weighted by Gasteiger charge is 2.56. The number of nitrogens with zero attached hydrogens (tertiary/aromatic N) is 2. The number of hydrogen-bond acceptors (Lipinski definition) is 36. The number of hydrogen-bond donors (Lipinski definition) is 2. The molecule has 0 spiro atoms. The van der Waals surface area contributed by atoms with E-state index < -0.39 is 184 Å². The molecule has 0 aliphatic carbocycles. The third kappa shape index (κ3) is 27.4. The van der Waals surface area contributed by atoms with Gasteiger partial charge in [0.1, 0.15) is 61.1 Å². The number of rotatable bonds is 40. The summed E-state index contributed by atoms with van der Waals surface area (Å²) in [5.74, 6) is -7.29. The molecule has 0 saturated carbocycles. The number of aromatic amines is 2. The van der Waals surface area contributed by atoms with Crippen molar-refractivity contribution in [1.29, 1.82) is 0 Å². The van der Waals surface area contributed by atoms with Crippen LogP contribution in [0.5, 0.6) is 23.0 Å². The molecule has 8 heterocycles. The zero-order chi connectivity index (χ0) is 97.4. The molecule has 0 radical (unpaired) electrons. The number of carbonyl (C=O) groups is 12. The Morgan fingerprint density at radius 3 is 0.735 bits per heavy atom. The summed E-state index contributed by atoms with van der Waals surface area (Å²) in [5, 5.41) is 0. The smallest absolute Gasteiger partial charge is 0.303 e. The standard InChI is InChI=1S/C98H108N4O34/c1-14-38-115-68-26-15-22-64(45-68)83-72-30-32-74(99-72)84(65-23-16-27-69(46-65)116-39-19-42-119-96-93(131-61(11)112)90(128-58(8)109)87(125-55(5)106)80(134-96)49-122-52(2)103)76-34-36-78(101-76)86(67-25-18-29-71(48-67)118-41-21-44-121-98-95(133-63(13)114)92(130-60(10)111)89(127-57(7)108)82(136-98)51-124-54(4)105)79-37-35-77(102-79)85(75-33-31-73(83)100-75)66-24-17-28-70(47-66)117-40-20-43-120-97-94(132-62(12)113)91(129-59(9)110)88(126-56(6)107)81(135-97)50-123-53(3)104/h15-18,22-37,45-48,80-82,87-99,102H,14,19-21,38-44,49-51H2,1-13H3/t80-,81-,82-,87-,88-,89-,90+,91+,92+,93+,94+,95+,96+,97+,98+/m1/s1. The first kappa shape index (κ1) is 101. The highest BCUT2D eigenvalue weighted by atomic mass is 16.8. The molecule has 724 valence electrons. The van der Waals surface area contributed by atoms with Gasteiger partial charge in [0, 0.05) is 147 Å². The van der Waals surface area contributed by atoms with E-state index in [9.17, 15) is 57.5 Å². The number of esters is 12. The van der Waals surface area contributed by atoms with Crippen LogP contribution in [-0.4, -0.2) is 250 Å². The second-order valence-electron chi connectivity index (χ2n) is 31.9. The SMILES string of the molecule is CCCOc1cccc(-c2c3nc(c(-c4cccc(OCCCO[C@H]5O[C@H](COC(C)=O)[C@@H](OC(C)=O)[C@H](OC(C)=O)[C@@H]5OC(C)=O)c4)c4ccc([nH]4)c(-c4cccc(OCCCO[C@H]5O[C@H](COC(C)=O)[C@@H](OC(C)=O)[C@H](OC(C)=O)[C@@H]5OC(C)=O)c4)c4nc(c(-c5cccc(OCCCO[C@H]6O[C@H](COC(C)=O)[C@@H](OC(C)=O)[C@H](OC(C)=O)[C@@H]6OC(C)=O)c5)c5ccc2[nH]5)C=C4)C=C3)c1. The summed E-state index contributed by atoms with van der Waals surface area (Å²) in [6.45, 7) is 14.6. The lowest BCUT2D eigenvalue weighted by Gasteiger charge is -2.44. The fourth-order valence-corrected chi connectivity index (χ4v) is 15.9. The molecule has 15 atom stereocenters. The zero-order valence-corrected chi connectivity index (χ0v) is 77.2. The van der Waals surface area contributed by atoms with Crippen LogP contribution in [0.4, 0.5) is 0 Å². The van der Waals surface area contributed by atoms with Crippen LogP contribution < -0.4 is 18.9 Å². The summed E-state index contributed by atoms with van der Waals surface area (Å²) in [6, 6.07) is 37.7. The lowest BCUT2D eigenvalue weighted by atomic mass is 9.98. The Labute approximate surface area is 781 Å². The second kappa shape index (κ2) is 47.8. The van der Waals surface area contributed by atoms with Crippen LogP contribution in [0.3, 0.4) is 0 Å². The number of fused-ring (bicyclic) bond motifs is 8. The van der Waals surface area contributed by atoms with E-state index in [1.54, 1.807) is 18.2 Å². The Morgan fingerprint density at radius 1 is 0.279 bits per heavy atom. The molecule has 3 fully saturated rings. The lowest BCUT2D eigenvalue weighted by molar-refractivity contribution is -0.308. The minimum absolute atomic E-state index is 0.0331. The van der Waals surface area contributed by atoms with Crippen molar-refractivity contribution < 1.29 is 162 Å². The number of aromatic nitrogens is 4. The van der Waals surface area contributed by atoms with Crippen molar-refractivity contribution in [2.24, 2.45) is 0 Å². The van der Waals surface area contributed by atoms with Crippen molar-refractivity contribution in [1.82, 2.24) is 19.9 Å². The van der Waals surface area contributed by atoms with Crippen molar-refractivity contribution in [2.75, 3.05) is 66.1 Å². The fraction of sp³-hybridized carbons (Fsp3) is 0.429. The van der Waals surface area contributed by atoms with Crippen LogP contribution >= 0.6 is 0 Å². The molecule has 8 bridgehead atoms. The molecule has 7 aromatic rings. The molecule has 4 aromatic carbocycles. The average Bonchev–Trinajstić information content (AvgIpc) is 1.55. The second-order valence-corrected chi connectivity index (χ2v) is 31.9. The molecule has 38 nitrogen and oxygen atoms in total. The minimum atomic E-state index is -1.46. The molecule has 38 heteroatoms. The summed E-state index contributed by atoms with van der Waals surface area (Å²) in [7, 11) is 0. The molecule has 5 aliphatic rings. The number of carbonyl (C=O) groups excluding carboxylic acids is 12. The van der Waals surface area contributed by atoms with Crippen molar-refractivity contribution in [3.05, 3.63) is 144 Å². The van der Waals surface area contributed by atoms with Gasteiger partial charge < -0.3 is 114 Å². The molecule has 3 aromatic heterocycles. The molecule has 3 saturated heterocycles. The van der Waals surface area contributed by atoms with Gasteiger partial charge in [-0.25, -0.2) is 9.97 Å². The first-order valence-corrected chi connectivity index (χ1v) is 44.1. The van der Waals surface area contributed by atoms with Crippen molar-refractivity contribution >= 4 is 118 Å². The number of benzene rings is 4. The van der Waals surface area contributed by atoms with Gasteiger partial charge in [0.2, 0.25) is 0 Å². The van der Waals surface area contributed by atoms with E-state index in [1.165, 1.54) is 20.8 Å². The number of ether oxygens (including phenoxy) is 22. The average molecular weight is 1890 g/mol. The van der Waals surface area contributed by atoms with E-state index >= 15 is 0 Å². The Bertz CT molecular complexity index is 5620. The third-order valence-corrected chi connectivity index (χ3v) is 21.1. The predicted molar refractivity (Wildman–Crippen MR) is 480 cm³/mol. The van der Waals surface area contributed by atoms with Crippen LogP contribution in [0.15, 0.2) is 121 Å². The van der Waals surface area contributed by atoms with Gasteiger partial charge in [-0.05, 0) is 126 Å². The molecule has 0 amide bonds. The third-order valence-electron chi connectivity index (χ3n) is 21.1. The van der Waals surface area contributed by atoms with Crippen molar-refractivity contribution in [3.63, 3.8) is 0 Å². The Kier molecular flexibility index (Phi) is 35.5. The normalized spacial score (nSPS) is 21.5. The van der Waals surface area contributed by atoms with E-state index in [0.29, 0.717) is 113 Å². The van der Waals surface area contributed by atoms with Gasteiger partial charge in [0.05, 0.1) is 69.0 Å². The number of H-pyrrole nitrogens is 2. The maximum atomic E-state index is 12.7. The molecule has 0 unspecified atom stereocenters. The Hall–Kier alpha value is -13.9. The molecule has 5 aliphatic heterocycles. The van der Waals surface area contributed by atoms with E-state index in [1.807, 2.05) is 134 Å². The number of nitrogens with one attached hydrogen (secondary N) is 2. The fourth-order valence-electron chi connectivity index (χ4n) is 15.9. The molecule has 12 rings (SSSR count). The first-order valence-electron chi connectivity index (χ1n) is 44.1. The summed E-state index contributed by atoms with van der Waals surface area (Å²) < 4.78 is 129. The lowest BCUT2D eigenvalue weighted by Crippen LogP contribution is -2.63. The van der Waals surface area contributed by atoms with Gasteiger partial charge in [-0.1, -0.05) is 55.5 Å².